The topological polar surface area (TPSA) is 92.4 Å². The van der Waals surface area contributed by atoms with Crippen LogP contribution in [0.4, 0.5) is 0 Å². The van der Waals surface area contributed by atoms with Crippen molar-refractivity contribution in [2.45, 2.75) is 32.2 Å². The van der Waals surface area contributed by atoms with Crippen LogP contribution >= 0.6 is 23.2 Å². The fourth-order valence-corrected chi connectivity index (χ4v) is 3.71. The summed E-state index contributed by atoms with van der Waals surface area (Å²) in [4.78, 5) is 23.8. The Bertz CT molecular complexity index is 814. The predicted octanol–water partition coefficient (Wildman–Crippen LogP) is 3.94. The first-order valence-corrected chi connectivity index (χ1v) is 8.58. The molecule has 1 fully saturated rings. The third-order valence-corrected chi connectivity index (χ3v) is 5.04. The van der Waals surface area contributed by atoms with Crippen molar-refractivity contribution in [2.75, 3.05) is 0 Å². The highest BCUT2D eigenvalue weighted by Crippen LogP contribution is 2.37. The van der Waals surface area contributed by atoms with Crippen molar-refractivity contribution in [3.8, 4) is 11.3 Å². The molecule has 25 heavy (non-hydrogen) atoms. The number of aromatic nitrogens is 1. The molecule has 1 aliphatic rings. The Hall–Kier alpha value is -2.05. The maximum atomic E-state index is 12.7. The fourth-order valence-electron chi connectivity index (χ4n) is 3.13. The number of aliphatic carboxylic acids is 1. The van der Waals surface area contributed by atoms with Gasteiger partial charge in [0.1, 0.15) is 17.0 Å². The summed E-state index contributed by atoms with van der Waals surface area (Å²) in [5.74, 6) is -1.29. The van der Waals surface area contributed by atoms with Gasteiger partial charge in [-0.25, -0.2) is 0 Å². The Balaban J connectivity index is 1.87. The predicted molar refractivity (Wildman–Crippen MR) is 92.9 cm³/mol. The van der Waals surface area contributed by atoms with Crippen LogP contribution in [0.3, 0.4) is 0 Å². The number of carbonyl (C=O) groups excluding carboxylic acids is 1. The molecule has 3 rings (SSSR count). The molecule has 2 aromatic rings. The third kappa shape index (κ3) is 3.50. The maximum Gasteiger partial charge on any atom is 0.306 e. The summed E-state index contributed by atoms with van der Waals surface area (Å²) in [6.45, 7) is 1.63. The fraction of sp³-hybridized carbons (Fsp3) is 0.353. The van der Waals surface area contributed by atoms with Crippen LogP contribution in [-0.2, 0) is 4.79 Å². The SMILES string of the molecule is Cc1onc(-c2c(Cl)cccc2Cl)c1C(=O)N[C@H]1CC[C@@H](C(=O)O)C1. The Morgan fingerprint density at radius 1 is 1.28 bits per heavy atom. The van der Waals surface area contributed by atoms with E-state index >= 15 is 0 Å². The van der Waals surface area contributed by atoms with Gasteiger partial charge in [-0.3, -0.25) is 9.59 Å². The number of carboxylic acids is 1. The van der Waals surface area contributed by atoms with Crippen LogP contribution in [-0.4, -0.2) is 28.2 Å². The Kier molecular flexibility index (Phi) is 5.01. The van der Waals surface area contributed by atoms with E-state index in [1.807, 2.05) is 0 Å². The van der Waals surface area contributed by atoms with Gasteiger partial charge < -0.3 is 14.9 Å². The molecule has 1 aromatic heterocycles. The highest BCUT2D eigenvalue weighted by atomic mass is 35.5. The Morgan fingerprint density at radius 3 is 2.56 bits per heavy atom. The number of aryl methyl sites for hydroxylation is 1. The lowest BCUT2D eigenvalue weighted by molar-refractivity contribution is -0.141. The molecule has 0 bridgehead atoms. The number of nitrogens with one attached hydrogen (secondary N) is 1. The number of amides is 1. The smallest absolute Gasteiger partial charge is 0.306 e. The van der Waals surface area contributed by atoms with Gasteiger partial charge in [-0.15, -0.1) is 0 Å². The van der Waals surface area contributed by atoms with E-state index in [0.29, 0.717) is 40.6 Å². The molecule has 6 nitrogen and oxygen atoms in total. The first-order chi connectivity index (χ1) is 11.9. The van der Waals surface area contributed by atoms with Gasteiger partial charge in [0.25, 0.3) is 5.91 Å². The zero-order valence-electron chi connectivity index (χ0n) is 13.4. The molecule has 132 valence electrons. The third-order valence-electron chi connectivity index (χ3n) is 4.41. The van der Waals surface area contributed by atoms with Crippen molar-refractivity contribution in [3.05, 3.63) is 39.6 Å². The van der Waals surface area contributed by atoms with E-state index in [1.54, 1.807) is 25.1 Å². The second-order valence-electron chi connectivity index (χ2n) is 6.08. The van der Waals surface area contributed by atoms with Gasteiger partial charge in [0, 0.05) is 11.6 Å². The largest absolute Gasteiger partial charge is 0.481 e. The van der Waals surface area contributed by atoms with Crippen molar-refractivity contribution in [1.29, 1.82) is 0 Å². The van der Waals surface area contributed by atoms with Crippen LogP contribution in [0.2, 0.25) is 10.0 Å². The summed E-state index contributed by atoms with van der Waals surface area (Å²) < 4.78 is 5.18. The van der Waals surface area contributed by atoms with Crippen molar-refractivity contribution in [2.24, 2.45) is 5.92 Å². The molecule has 1 heterocycles. The van der Waals surface area contributed by atoms with E-state index in [2.05, 4.69) is 10.5 Å². The number of benzene rings is 1. The highest BCUT2D eigenvalue weighted by Gasteiger charge is 2.32. The molecule has 1 amide bonds. The molecule has 0 spiro atoms. The zero-order chi connectivity index (χ0) is 18.1. The van der Waals surface area contributed by atoms with Crippen LogP contribution in [0.1, 0.15) is 35.4 Å². The lowest BCUT2D eigenvalue weighted by Crippen LogP contribution is -2.33. The summed E-state index contributed by atoms with van der Waals surface area (Å²) in [6, 6.07) is 4.81. The Morgan fingerprint density at radius 2 is 1.96 bits per heavy atom. The molecular weight excluding hydrogens is 367 g/mol. The lowest BCUT2D eigenvalue weighted by Gasteiger charge is -2.13. The van der Waals surface area contributed by atoms with Gasteiger partial charge in [0.15, 0.2) is 0 Å². The quantitative estimate of drug-likeness (QED) is 0.834. The first kappa shape index (κ1) is 17.8. The van der Waals surface area contributed by atoms with Crippen LogP contribution < -0.4 is 5.32 Å². The molecule has 0 saturated heterocycles. The number of hydrogen-bond acceptors (Lipinski definition) is 4. The number of hydrogen-bond donors (Lipinski definition) is 2. The summed E-state index contributed by atoms with van der Waals surface area (Å²) >= 11 is 12.4. The molecular formula is C17H16Cl2N2O4. The summed E-state index contributed by atoms with van der Waals surface area (Å²) in [5, 5.41) is 16.6. The second-order valence-corrected chi connectivity index (χ2v) is 6.89. The standard InChI is InChI=1S/C17H16Cl2N2O4/c1-8-13(16(22)20-10-6-5-9(7-10)17(23)24)15(21-25-8)14-11(18)3-2-4-12(14)19/h2-4,9-10H,5-7H2,1H3,(H,20,22)(H,23,24)/t9-,10+/m1/s1. The second kappa shape index (κ2) is 7.06. The number of halogens is 2. The first-order valence-electron chi connectivity index (χ1n) is 7.82. The van der Waals surface area contributed by atoms with Crippen LogP contribution in [0.15, 0.2) is 22.7 Å². The van der Waals surface area contributed by atoms with Crippen molar-refractivity contribution in [3.63, 3.8) is 0 Å². The summed E-state index contributed by atoms with van der Waals surface area (Å²) in [6.07, 6.45) is 1.58. The Labute approximate surface area is 154 Å². The van der Waals surface area contributed by atoms with E-state index < -0.39 is 11.9 Å². The summed E-state index contributed by atoms with van der Waals surface area (Å²) in [5.41, 5.74) is 0.967. The zero-order valence-corrected chi connectivity index (χ0v) is 14.9. The van der Waals surface area contributed by atoms with Gasteiger partial charge in [-0.05, 0) is 38.3 Å². The van der Waals surface area contributed by atoms with Crippen LogP contribution in [0.25, 0.3) is 11.3 Å². The number of carboxylic acid groups (broad SMARTS) is 1. The molecule has 1 aliphatic carbocycles. The number of rotatable bonds is 4. The van der Waals surface area contributed by atoms with Gasteiger partial charge >= 0.3 is 5.97 Å². The molecule has 0 unspecified atom stereocenters. The maximum absolute atomic E-state index is 12.7. The molecule has 8 heteroatoms. The van der Waals surface area contributed by atoms with E-state index in [-0.39, 0.29) is 23.2 Å². The minimum atomic E-state index is -0.832. The van der Waals surface area contributed by atoms with E-state index in [0.717, 1.165) is 0 Å². The highest BCUT2D eigenvalue weighted by molar-refractivity contribution is 6.39. The van der Waals surface area contributed by atoms with Gasteiger partial charge in [0.05, 0.1) is 16.0 Å². The molecule has 1 saturated carbocycles. The normalized spacial score (nSPS) is 19.8. The molecule has 0 aliphatic heterocycles. The van der Waals surface area contributed by atoms with E-state index in [4.69, 9.17) is 32.8 Å². The molecule has 2 atom stereocenters. The van der Waals surface area contributed by atoms with Crippen molar-refractivity contribution in [1.82, 2.24) is 10.5 Å². The lowest BCUT2D eigenvalue weighted by atomic mass is 10.0. The van der Waals surface area contributed by atoms with Crippen molar-refractivity contribution >= 4 is 35.1 Å². The average molecular weight is 383 g/mol. The molecule has 2 N–H and O–H groups in total. The van der Waals surface area contributed by atoms with E-state index in [9.17, 15) is 9.59 Å². The minimum absolute atomic E-state index is 0.197. The van der Waals surface area contributed by atoms with Crippen LogP contribution in [0.5, 0.6) is 0 Å². The monoisotopic (exact) mass is 382 g/mol. The van der Waals surface area contributed by atoms with Crippen LogP contribution in [0, 0.1) is 12.8 Å². The van der Waals surface area contributed by atoms with Gasteiger partial charge in [0.2, 0.25) is 0 Å². The number of carbonyl (C=O) groups is 2. The molecule has 0 radical (unpaired) electrons. The van der Waals surface area contributed by atoms with Gasteiger partial charge in [-0.2, -0.15) is 0 Å². The molecule has 1 aromatic carbocycles. The minimum Gasteiger partial charge on any atom is -0.481 e. The van der Waals surface area contributed by atoms with Crippen molar-refractivity contribution < 1.29 is 19.2 Å². The van der Waals surface area contributed by atoms with E-state index in [1.165, 1.54) is 0 Å². The summed E-state index contributed by atoms with van der Waals surface area (Å²) in [7, 11) is 0. The average Bonchev–Trinajstić information content (AvgIpc) is 3.14. The number of nitrogens with zero attached hydrogens (tertiary/aromatic N) is 1. The van der Waals surface area contributed by atoms with Gasteiger partial charge in [-0.1, -0.05) is 34.4 Å².